The van der Waals surface area contributed by atoms with E-state index < -0.39 is 16.7 Å². The number of thiocarbonyl (C=S) groups is 1. The van der Waals surface area contributed by atoms with Crippen LogP contribution in [0.4, 0.5) is 11.4 Å². The minimum absolute atomic E-state index is 0.00814. The molecule has 8 nitrogen and oxygen atoms in total. The normalized spacial score (nSPS) is 15.2. The molecule has 1 N–H and O–H groups in total. The molecule has 1 saturated heterocycles. The molecular formula is C24H19N3O5S. The van der Waals surface area contributed by atoms with Crippen molar-refractivity contribution in [3.63, 3.8) is 0 Å². The van der Waals surface area contributed by atoms with Gasteiger partial charge in [-0.1, -0.05) is 6.07 Å². The third-order valence-electron chi connectivity index (χ3n) is 5.17. The molecule has 2 heterocycles. The fourth-order valence-electron chi connectivity index (χ4n) is 3.73. The lowest BCUT2D eigenvalue weighted by Gasteiger charge is -2.29. The van der Waals surface area contributed by atoms with Gasteiger partial charge in [0.15, 0.2) is 5.11 Å². The number of carbonyl (C=O) groups is 2. The van der Waals surface area contributed by atoms with Crippen LogP contribution in [0.25, 0.3) is 17.4 Å². The highest BCUT2D eigenvalue weighted by Crippen LogP contribution is 2.30. The molecule has 33 heavy (non-hydrogen) atoms. The maximum Gasteiger partial charge on any atom is 0.270 e. The second-order valence-corrected chi connectivity index (χ2v) is 8.15. The topological polar surface area (TPSA) is 106 Å². The van der Waals surface area contributed by atoms with E-state index in [4.69, 9.17) is 16.6 Å². The molecular weight excluding hydrogens is 442 g/mol. The molecule has 0 saturated carbocycles. The number of nitrogens with one attached hydrogen (secondary N) is 1. The van der Waals surface area contributed by atoms with E-state index in [2.05, 4.69) is 5.32 Å². The van der Waals surface area contributed by atoms with Crippen LogP contribution in [-0.4, -0.2) is 21.9 Å². The smallest absolute Gasteiger partial charge is 0.270 e. The minimum Gasteiger partial charge on any atom is -0.457 e. The third kappa shape index (κ3) is 4.31. The number of rotatable bonds is 4. The Morgan fingerprint density at radius 1 is 1.03 bits per heavy atom. The van der Waals surface area contributed by atoms with E-state index in [0.29, 0.717) is 22.6 Å². The van der Waals surface area contributed by atoms with Crippen molar-refractivity contribution in [1.82, 2.24) is 5.32 Å². The lowest BCUT2D eigenvalue weighted by atomic mass is 10.1. The molecule has 0 unspecified atom stereocenters. The Kier molecular flexibility index (Phi) is 5.65. The predicted octanol–water partition coefficient (Wildman–Crippen LogP) is 4.61. The second-order valence-electron chi connectivity index (χ2n) is 7.76. The van der Waals surface area contributed by atoms with Crippen molar-refractivity contribution >= 4 is 46.6 Å². The second kappa shape index (κ2) is 8.44. The minimum atomic E-state index is -0.616. The molecule has 0 aliphatic carbocycles. The fraction of sp³-hybridized carbons (Fsp3) is 0.125. The largest absolute Gasteiger partial charge is 0.457 e. The SMILES string of the molecule is Cc1cc(C)cc(N2C(=O)/C(=C\c3ccc(-c4ccc([N+](=O)[O-])cc4C)o3)C(=O)NC2=S)c1. The van der Waals surface area contributed by atoms with E-state index in [0.717, 1.165) is 11.1 Å². The molecule has 0 atom stereocenters. The fourth-order valence-corrected chi connectivity index (χ4v) is 4.01. The van der Waals surface area contributed by atoms with E-state index in [1.807, 2.05) is 32.0 Å². The van der Waals surface area contributed by atoms with Crippen molar-refractivity contribution in [1.29, 1.82) is 0 Å². The quantitative estimate of drug-likeness (QED) is 0.200. The van der Waals surface area contributed by atoms with Crippen LogP contribution in [0.15, 0.2) is 58.5 Å². The molecule has 2 aromatic carbocycles. The summed E-state index contributed by atoms with van der Waals surface area (Å²) in [5, 5.41) is 13.5. The van der Waals surface area contributed by atoms with Crippen molar-refractivity contribution in [2.45, 2.75) is 20.8 Å². The Morgan fingerprint density at radius 3 is 2.36 bits per heavy atom. The van der Waals surface area contributed by atoms with Gasteiger partial charge in [0.2, 0.25) is 0 Å². The summed E-state index contributed by atoms with van der Waals surface area (Å²) in [7, 11) is 0. The van der Waals surface area contributed by atoms with Gasteiger partial charge in [-0.25, -0.2) is 0 Å². The van der Waals surface area contributed by atoms with Gasteiger partial charge in [0.25, 0.3) is 17.5 Å². The summed E-state index contributed by atoms with van der Waals surface area (Å²) in [4.78, 5) is 37.5. The number of hydrogen-bond donors (Lipinski definition) is 1. The number of nitrogens with zero attached hydrogens (tertiary/aromatic N) is 2. The van der Waals surface area contributed by atoms with Gasteiger partial charge in [-0.2, -0.15) is 0 Å². The van der Waals surface area contributed by atoms with Crippen molar-refractivity contribution in [3.05, 3.63) is 86.7 Å². The van der Waals surface area contributed by atoms with E-state index in [-0.39, 0.29) is 22.1 Å². The van der Waals surface area contributed by atoms with Crippen molar-refractivity contribution in [2.75, 3.05) is 4.90 Å². The lowest BCUT2D eigenvalue weighted by Crippen LogP contribution is -2.54. The molecule has 1 aromatic heterocycles. The van der Waals surface area contributed by atoms with Gasteiger partial charge in [0.05, 0.1) is 10.6 Å². The third-order valence-corrected chi connectivity index (χ3v) is 5.45. The summed E-state index contributed by atoms with van der Waals surface area (Å²) in [6.45, 7) is 5.56. The van der Waals surface area contributed by atoms with Crippen LogP contribution >= 0.6 is 12.2 Å². The zero-order valence-corrected chi connectivity index (χ0v) is 18.9. The summed E-state index contributed by atoms with van der Waals surface area (Å²) in [5.41, 5.74) is 3.67. The van der Waals surface area contributed by atoms with Gasteiger partial charge in [0.1, 0.15) is 17.1 Å². The number of non-ortho nitro benzene ring substituents is 1. The number of nitro groups is 1. The average Bonchev–Trinajstić information content (AvgIpc) is 3.18. The maximum absolute atomic E-state index is 13.2. The van der Waals surface area contributed by atoms with Gasteiger partial charge in [-0.05, 0) is 86.1 Å². The molecule has 9 heteroatoms. The summed E-state index contributed by atoms with van der Waals surface area (Å²) in [6.07, 6.45) is 1.36. The summed E-state index contributed by atoms with van der Waals surface area (Å²) < 4.78 is 5.83. The summed E-state index contributed by atoms with van der Waals surface area (Å²) >= 11 is 5.25. The highest BCUT2D eigenvalue weighted by atomic mass is 32.1. The number of anilines is 1. The first-order valence-electron chi connectivity index (χ1n) is 9.99. The highest BCUT2D eigenvalue weighted by Gasteiger charge is 2.35. The van der Waals surface area contributed by atoms with Crippen LogP contribution in [0.1, 0.15) is 22.5 Å². The molecule has 166 valence electrons. The van der Waals surface area contributed by atoms with Gasteiger partial charge in [-0.3, -0.25) is 29.9 Å². The Balaban J connectivity index is 1.68. The van der Waals surface area contributed by atoms with Crippen LogP contribution in [-0.2, 0) is 9.59 Å². The van der Waals surface area contributed by atoms with E-state index in [1.54, 1.807) is 25.1 Å². The summed E-state index contributed by atoms with van der Waals surface area (Å²) in [5.74, 6) is -0.428. The number of nitro benzene ring substituents is 1. The van der Waals surface area contributed by atoms with E-state index >= 15 is 0 Å². The number of benzene rings is 2. The number of aryl methyl sites for hydroxylation is 3. The lowest BCUT2D eigenvalue weighted by molar-refractivity contribution is -0.384. The number of carbonyl (C=O) groups excluding carboxylic acids is 2. The zero-order valence-electron chi connectivity index (χ0n) is 18.0. The highest BCUT2D eigenvalue weighted by molar-refractivity contribution is 7.80. The molecule has 4 rings (SSSR count). The summed E-state index contributed by atoms with van der Waals surface area (Å²) in [6, 6.07) is 13.3. The predicted molar refractivity (Wildman–Crippen MR) is 128 cm³/mol. The Morgan fingerprint density at radius 2 is 1.73 bits per heavy atom. The van der Waals surface area contributed by atoms with Crippen molar-refractivity contribution < 1.29 is 18.9 Å². The molecule has 1 fully saturated rings. The molecule has 1 aliphatic rings. The van der Waals surface area contributed by atoms with E-state index in [9.17, 15) is 19.7 Å². The van der Waals surface area contributed by atoms with Crippen LogP contribution in [0, 0.1) is 30.9 Å². The van der Waals surface area contributed by atoms with Crippen molar-refractivity contribution in [3.8, 4) is 11.3 Å². The van der Waals surface area contributed by atoms with Crippen LogP contribution in [0.5, 0.6) is 0 Å². The molecule has 0 bridgehead atoms. The molecule has 0 radical (unpaired) electrons. The van der Waals surface area contributed by atoms with Crippen LogP contribution in [0.2, 0.25) is 0 Å². The Hall–Kier alpha value is -4.11. The first-order chi connectivity index (χ1) is 15.6. The maximum atomic E-state index is 13.2. The van der Waals surface area contributed by atoms with Crippen molar-refractivity contribution in [2.24, 2.45) is 0 Å². The van der Waals surface area contributed by atoms with Crippen LogP contribution < -0.4 is 10.2 Å². The van der Waals surface area contributed by atoms with Gasteiger partial charge in [-0.15, -0.1) is 0 Å². The number of hydrogen-bond acceptors (Lipinski definition) is 6. The van der Waals surface area contributed by atoms with E-state index in [1.165, 1.54) is 23.1 Å². The zero-order chi connectivity index (χ0) is 23.9. The van der Waals surface area contributed by atoms with Gasteiger partial charge in [0, 0.05) is 17.7 Å². The molecule has 0 spiro atoms. The Labute approximate surface area is 194 Å². The number of amides is 2. The molecule has 2 amide bonds. The number of furan rings is 1. The molecule has 1 aliphatic heterocycles. The monoisotopic (exact) mass is 461 g/mol. The van der Waals surface area contributed by atoms with Crippen LogP contribution in [0.3, 0.4) is 0 Å². The van der Waals surface area contributed by atoms with Gasteiger partial charge >= 0.3 is 0 Å². The first kappa shape index (κ1) is 22.1. The first-order valence-corrected chi connectivity index (χ1v) is 10.4. The average molecular weight is 461 g/mol. The van der Waals surface area contributed by atoms with Gasteiger partial charge < -0.3 is 4.42 Å². The molecule has 3 aromatic rings. The Bertz CT molecular complexity index is 1350. The standard InChI is InChI=1S/C24H19N3O5S/c1-13-8-14(2)10-17(9-13)26-23(29)20(22(28)25-24(26)33)12-18-5-7-21(32-18)19-6-4-16(27(30)31)11-15(19)3/h4-12H,1-3H3,(H,25,28,33)/b20-12-.